The molecule has 2 aromatic heterocycles. The SMILES string of the molecule is COCCOc1cc(NC(=O)c2c(C)oc3ncn(C)c(=O)c23)ccc1OC. The van der Waals surface area contributed by atoms with Crippen LogP contribution in [-0.2, 0) is 11.8 Å². The Morgan fingerprint density at radius 1 is 1.25 bits per heavy atom. The van der Waals surface area contributed by atoms with E-state index >= 15 is 0 Å². The van der Waals surface area contributed by atoms with Crippen molar-refractivity contribution in [2.45, 2.75) is 6.92 Å². The smallest absolute Gasteiger partial charge is 0.265 e. The number of fused-ring (bicyclic) bond motifs is 1. The molecule has 0 saturated carbocycles. The number of aromatic nitrogens is 2. The average Bonchev–Trinajstić information content (AvgIpc) is 3.02. The van der Waals surface area contributed by atoms with Gasteiger partial charge in [0.1, 0.15) is 24.1 Å². The second-order valence-corrected chi connectivity index (χ2v) is 6.04. The van der Waals surface area contributed by atoms with Crippen LogP contribution in [-0.4, -0.2) is 42.9 Å². The molecular weight excluding hydrogens is 366 g/mol. The molecule has 0 fully saturated rings. The molecule has 1 aromatic carbocycles. The first-order valence-electron chi connectivity index (χ1n) is 8.52. The summed E-state index contributed by atoms with van der Waals surface area (Å²) >= 11 is 0. The van der Waals surface area contributed by atoms with E-state index in [1.807, 2.05) is 0 Å². The summed E-state index contributed by atoms with van der Waals surface area (Å²) in [6, 6.07) is 4.99. The number of nitrogens with one attached hydrogen (secondary N) is 1. The lowest BCUT2D eigenvalue weighted by Crippen LogP contribution is -2.20. The first-order chi connectivity index (χ1) is 13.5. The Morgan fingerprint density at radius 3 is 2.75 bits per heavy atom. The highest BCUT2D eigenvalue weighted by Crippen LogP contribution is 2.31. The van der Waals surface area contributed by atoms with Crippen LogP contribution in [0.25, 0.3) is 11.1 Å². The molecule has 0 atom stereocenters. The average molecular weight is 387 g/mol. The fourth-order valence-corrected chi connectivity index (χ4v) is 2.76. The van der Waals surface area contributed by atoms with Crippen molar-refractivity contribution in [3.8, 4) is 11.5 Å². The highest BCUT2D eigenvalue weighted by molar-refractivity contribution is 6.12. The first kappa shape index (κ1) is 19.4. The number of rotatable bonds is 7. The summed E-state index contributed by atoms with van der Waals surface area (Å²) in [5.74, 6) is 0.823. The Morgan fingerprint density at radius 2 is 2.04 bits per heavy atom. The highest BCUT2D eigenvalue weighted by atomic mass is 16.5. The van der Waals surface area contributed by atoms with Crippen LogP contribution in [0.1, 0.15) is 16.1 Å². The number of methoxy groups -OCH3 is 2. The maximum atomic E-state index is 12.9. The van der Waals surface area contributed by atoms with E-state index in [1.165, 1.54) is 18.0 Å². The van der Waals surface area contributed by atoms with Gasteiger partial charge in [0.2, 0.25) is 5.71 Å². The number of benzene rings is 1. The van der Waals surface area contributed by atoms with Gasteiger partial charge in [0, 0.05) is 25.9 Å². The number of amides is 1. The summed E-state index contributed by atoms with van der Waals surface area (Å²) in [7, 11) is 4.67. The molecule has 0 bridgehead atoms. The molecule has 0 aliphatic rings. The molecule has 28 heavy (non-hydrogen) atoms. The molecule has 0 aliphatic heterocycles. The molecule has 3 aromatic rings. The van der Waals surface area contributed by atoms with Crippen molar-refractivity contribution < 1.29 is 23.4 Å². The van der Waals surface area contributed by atoms with Crippen LogP contribution in [0.3, 0.4) is 0 Å². The van der Waals surface area contributed by atoms with Gasteiger partial charge in [0.25, 0.3) is 11.5 Å². The van der Waals surface area contributed by atoms with Gasteiger partial charge in [0.15, 0.2) is 11.5 Å². The maximum absolute atomic E-state index is 12.9. The van der Waals surface area contributed by atoms with E-state index in [-0.39, 0.29) is 22.2 Å². The van der Waals surface area contributed by atoms with E-state index in [0.29, 0.717) is 36.2 Å². The molecule has 0 saturated heterocycles. The van der Waals surface area contributed by atoms with Crippen molar-refractivity contribution in [3.05, 3.63) is 46.2 Å². The highest BCUT2D eigenvalue weighted by Gasteiger charge is 2.22. The first-order valence-corrected chi connectivity index (χ1v) is 8.52. The lowest BCUT2D eigenvalue weighted by Gasteiger charge is -2.12. The number of hydrogen-bond donors (Lipinski definition) is 1. The predicted octanol–water partition coefficient (Wildman–Crippen LogP) is 2.12. The number of ether oxygens (including phenoxy) is 3. The maximum Gasteiger partial charge on any atom is 0.265 e. The zero-order valence-electron chi connectivity index (χ0n) is 16.1. The Kier molecular flexibility index (Phi) is 5.65. The summed E-state index contributed by atoms with van der Waals surface area (Å²) in [4.78, 5) is 29.4. The minimum atomic E-state index is -0.477. The molecule has 9 heteroatoms. The lowest BCUT2D eigenvalue weighted by molar-refractivity contribution is 0.102. The quantitative estimate of drug-likeness (QED) is 0.619. The van der Waals surface area contributed by atoms with Gasteiger partial charge in [-0.1, -0.05) is 0 Å². The third kappa shape index (κ3) is 3.70. The van der Waals surface area contributed by atoms with E-state index in [9.17, 15) is 9.59 Å². The van der Waals surface area contributed by atoms with Crippen molar-refractivity contribution in [1.82, 2.24) is 9.55 Å². The van der Waals surface area contributed by atoms with Crippen molar-refractivity contribution in [2.75, 3.05) is 32.8 Å². The number of aryl methyl sites for hydroxylation is 2. The largest absolute Gasteiger partial charge is 0.493 e. The Hall–Kier alpha value is -3.33. The molecule has 0 spiro atoms. The van der Waals surface area contributed by atoms with Crippen LogP contribution in [0.5, 0.6) is 11.5 Å². The molecular formula is C19H21N3O6. The Labute approximate surface area is 160 Å². The molecule has 0 aliphatic carbocycles. The predicted molar refractivity (Wildman–Crippen MR) is 102 cm³/mol. The zero-order chi connectivity index (χ0) is 20.3. The van der Waals surface area contributed by atoms with Gasteiger partial charge in [-0.2, -0.15) is 0 Å². The second-order valence-electron chi connectivity index (χ2n) is 6.04. The normalized spacial score (nSPS) is 10.9. The van der Waals surface area contributed by atoms with Crippen LogP contribution < -0.4 is 20.3 Å². The molecule has 1 N–H and O–H groups in total. The molecule has 9 nitrogen and oxygen atoms in total. The van der Waals surface area contributed by atoms with Crippen LogP contribution >= 0.6 is 0 Å². The second kappa shape index (κ2) is 8.13. The topological polar surface area (TPSA) is 105 Å². The van der Waals surface area contributed by atoms with E-state index in [2.05, 4.69) is 10.3 Å². The summed E-state index contributed by atoms with van der Waals surface area (Å²) in [6.07, 6.45) is 1.35. The van der Waals surface area contributed by atoms with Gasteiger partial charge < -0.3 is 28.5 Å². The summed E-state index contributed by atoms with van der Waals surface area (Å²) in [6.45, 7) is 2.36. The third-order valence-corrected chi connectivity index (χ3v) is 4.14. The molecule has 3 rings (SSSR count). The van der Waals surface area contributed by atoms with Gasteiger partial charge in [-0.3, -0.25) is 9.59 Å². The van der Waals surface area contributed by atoms with Crippen molar-refractivity contribution in [3.63, 3.8) is 0 Å². The molecule has 1 amide bonds. The molecule has 2 heterocycles. The van der Waals surface area contributed by atoms with E-state index in [0.717, 1.165) is 0 Å². The van der Waals surface area contributed by atoms with Gasteiger partial charge in [-0.25, -0.2) is 4.98 Å². The number of carbonyl (C=O) groups excluding carboxylic acids is 1. The van der Waals surface area contributed by atoms with Crippen molar-refractivity contribution >= 4 is 22.7 Å². The lowest BCUT2D eigenvalue weighted by atomic mass is 10.1. The zero-order valence-corrected chi connectivity index (χ0v) is 16.1. The molecule has 0 unspecified atom stereocenters. The third-order valence-electron chi connectivity index (χ3n) is 4.14. The van der Waals surface area contributed by atoms with E-state index < -0.39 is 5.91 Å². The van der Waals surface area contributed by atoms with Crippen LogP contribution in [0.15, 0.2) is 33.7 Å². The minimum Gasteiger partial charge on any atom is -0.493 e. The minimum absolute atomic E-state index is 0.129. The number of nitrogens with zero attached hydrogens (tertiary/aromatic N) is 2. The van der Waals surface area contributed by atoms with Crippen molar-refractivity contribution in [2.24, 2.45) is 7.05 Å². The van der Waals surface area contributed by atoms with Gasteiger partial charge >= 0.3 is 0 Å². The summed E-state index contributed by atoms with van der Waals surface area (Å²) < 4.78 is 22.6. The Balaban J connectivity index is 1.92. The van der Waals surface area contributed by atoms with Crippen LogP contribution in [0.2, 0.25) is 0 Å². The van der Waals surface area contributed by atoms with Crippen LogP contribution in [0.4, 0.5) is 5.69 Å². The van der Waals surface area contributed by atoms with Crippen LogP contribution in [0, 0.1) is 6.92 Å². The van der Waals surface area contributed by atoms with E-state index in [4.69, 9.17) is 18.6 Å². The van der Waals surface area contributed by atoms with Gasteiger partial charge in [-0.15, -0.1) is 0 Å². The molecule has 0 radical (unpaired) electrons. The monoisotopic (exact) mass is 387 g/mol. The van der Waals surface area contributed by atoms with Gasteiger partial charge in [0.05, 0.1) is 19.3 Å². The summed E-state index contributed by atoms with van der Waals surface area (Å²) in [5.41, 5.74) is 0.406. The van der Waals surface area contributed by atoms with Gasteiger partial charge in [-0.05, 0) is 19.1 Å². The summed E-state index contributed by atoms with van der Waals surface area (Å²) in [5, 5.41) is 2.91. The fourth-order valence-electron chi connectivity index (χ4n) is 2.76. The van der Waals surface area contributed by atoms with Crippen molar-refractivity contribution in [1.29, 1.82) is 0 Å². The number of hydrogen-bond acceptors (Lipinski definition) is 7. The number of anilines is 1. The fraction of sp³-hybridized carbons (Fsp3) is 0.316. The number of furan rings is 1. The standard InChI is InChI=1S/C19H21N3O6/c1-11-15(16-18(28-11)20-10-22(2)19(16)24)17(23)21-12-5-6-13(26-4)14(9-12)27-8-7-25-3/h5-6,9-10H,7-8H2,1-4H3,(H,21,23). The Bertz CT molecular complexity index is 1070. The number of carbonyl (C=O) groups is 1. The van der Waals surface area contributed by atoms with E-state index in [1.54, 1.807) is 39.3 Å². The molecule has 148 valence electrons.